The van der Waals surface area contributed by atoms with E-state index in [1.54, 1.807) is 12.1 Å². The maximum atomic E-state index is 13.3. The molecule has 0 radical (unpaired) electrons. The smallest absolute Gasteiger partial charge is 0.234 e. The minimum atomic E-state index is -0.296. The topological polar surface area (TPSA) is 54.9 Å². The number of aromatic nitrogens is 2. The number of nitrogens with one attached hydrogen (secondary N) is 1. The summed E-state index contributed by atoms with van der Waals surface area (Å²) in [5.74, 6) is -0.201. The van der Waals surface area contributed by atoms with Crippen LogP contribution >= 0.6 is 11.8 Å². The molecule has 32 heavy (non-hydrogen) atoms. The lowest BCUT2D eigenvalue weighted by atomic mass is 10.1. The van der Waals surface area contributed by atoms with Crippen molar-refractivity contribution in [1.82, 2.24) is 10.2 Å². The van der Waals surface area contributed by atoms with Gasteiger partial charge in [0, 0.05) is 27.4 Å². The Balaban J connectivity index is 1.38. The Morgan fingerprint density at radius 2 is 1.47 bits per heavy atom. The predicted octanol–water partition coefficient (Wildman–Crippen LogP) is 6.32. The number of rotatable bonds is 5. The Morgan fingerprint density at radius 1 is 0.781 bits per heavy atom. The molecule has 4 aromatic carbocycles. The van der Waals surface area contributed by atoms with Gasteiger partial charge in [-0.15, -0.1) is 10.2 Å². The van der Waals surface area contributed by atoms with E-state index in [4.69, 9.17) is 0 Å². The lowest BCUT2D eigenvalue weighted by molar-refractivity contribution is -0.113. The average molecular weight is 440 g/mol. The summed E-state index contributed by atoms with van der Waals surface area (Å²) in [5.41, 5.74) is 2.27. The van der Waals surface area contributed by atoms with Gasteiger partial charge in [0.2, 0.25) is 5.91 Å². The maximum Gasteiger partial charge on any atom is 0.234 e. The van der Waals surface area contributed by atoms with E-state index in [-0.39, 0.29) is 17.5 Å². The molecular formula is C26H18FN3OS. The molecule has 0 fully saturated rings. The summed E-state index contributed by atoms with van der Waals surface area (Å²) in [6.07, 6.45) is 0. The number of anilines is 1. The molecule has 5 rings (SSSR count). The zero-order chi connectivity index (χ0) is 21.9. The van der Waals surface area contributed by atoms with Crippen LogP contribution in [-0.2, 0) is 4.79 Å². The largest absolute Gasteiger partial charge is 0.325 e. The molecule has 1 N–H and O–H groups in total. The van der Waals surface area contributed by atoms with Gasteiger partial charge in [0.1, 0.15) is 16.5 Å². The summed E-state index contributed by atoms with van der Waals surface area (Å²) in [5, 5.41) is 16.3. The number of halogens is 1. The molecule has 0 bridgehead atoms. The molecule has 0 saturated heterocycles. The summed E-state index contributed by atoms with van der Waals surface area (Å²) in [6, 6.07) is 27.8. The van der Waals surface area contributed by atoms with Crippen LogP contribution in [0.15, 0.2) is 96.0 Å². The second-order valence-corrected chi connectivity index (χ2v) is 8.23. The lowest BCUT2D eigenvalue weighted by Crippen LogP contribution is -2.14. The molecule has 1 heterocycles. The molecule has 0 aliphatic carbocycles. The first-order chi connectivity index (χ1) is 15.7. The van der Waals surface area contributed by atoms with Gasteiger partial charge in [-0.3, -0.25) is 4.79 Å². The SMILES string of the molecule is O=C(CSc1nnc(-c2ccc(F)cc2)c2ccccc12)Nc1cccc2ccccc12. The lowest BCUT2D eigenvalue weighted by Gasteiger charge is -2.10. The summed E-state index contributed by atoms with van der Waals surface area (Å²) in [7, 11) is 0. The fourth-order valence-electron chi connectivity index (χ4n) is 3.66. The van der Waals surface area contributed by atoms with E-state index in [2.05, 4.69) is 15.5 Å². The zero-order valence-electron chi connectivity index (χ0n) is 17.0. The first-order valence-electron chi connectivity index (χ1n) is 10.1. The molecule has 156 valence electrons. The Hall–Kier alpha value is -3.77. The molecule has 1 aromatic heterocycles. The van der Waals surface area contributed by atoms with Crippen molar-refractivity contribution in [2.24, 2.45) is 0 Å². The molecule has 4 nitrogen and oxygen atoms in total. The van der Waals surface area contributed by atoms with Crippen molar-refractivity contribution >= 4 is 44.9 Å². The predicted molar refractivity (Wildman–Crippen MR) is 128 cm³/mol. The minimum absolute atomic E-state index is 0.111. The quantitative estimate of drug-likeness (QED) is 0.326. The van der Waals surface area contributed by atoms with E-state index in [9.17, 15) is 9.18 Å². The van der Waals surface area contributed by atoms with E-state index >= 15 is 0 Å². The van der Waals surface area contributed by atoms with Gasteiger partial charge < -0.3 is 5.32 Å². The van der Waals surface area contributed by atoms with Gasteiger partial charge >= 0.3 is 0 Å². The molecule has 1 amide bonds. The second kappa shape index (κ2) is 8.77. The van der Waals surface area contributed by atoms with E-state index in [1.165, 1.54) is 23.9 Å². The third kappa shape index (κ3) is 4.05. The van der Waals surface area contributed by atoms with Gasteiger partial charge in [0.15, 0.2) is 0 Å². The van der Waals surface area contributed by atoms with E-state index in [0.29, 0.717) is 10.7 Å². The van der Waals surface area contributed by atoms with Crippen LogP contribution < -0.4 is 5.32 Å². The highest BCUT2D eigenvalue weighted by molar-refractivity contribution is 8.00. The van der Waals surface area contributed by atoms with E-state index in [0.717, 1.165) is 32.8 Å². The van der Waals surface area contributed by atoms with Crippen molar-refractivity contribution in [3.05, 3.63) is 96.8 Å². The summed E-state index contributed by atoms with van der Waals surface area (Å²) in [6.45, 7) is 0. The third-order valence-corrected chi connectivity index (χ3v) is 6.16. The molecule has 0 unspecified atom stereocenters. The van der Waals surface area contributed by atoms with Crippen molar-refractivity contribution in [3.8, 4) is 11.3 Å². The van der Waals surface area contributed by atoms with Crippen LogP contribution in [-0.4, -0.2) is 21.9 Å². The van der Waals surface area contributed by atoms with Crippen LogP contribution in [0.4, 0.5) is 10.1 Å². The third-order valence-electron chi connectivity index (χ3n) is 5.17. The number of carbonyl (C=O) groups is 1. The van der Waals surface area contributed by atoms with Gasteiger partial charge in [-0.2, -0.15) is 0 Å². The summed E-state index contributed by atoms with van der Waals surface area (Å²) < 4.78 is 13.3. The molecule has 0 saturated carbocycles. The number of benzene rings is 4. The average Bonchev–Trinajstić information content (AvgIpc) is 2.83. The monoisotopic (exact) mass is 439 g/mol. The highest BCUT2D eigenvalue weighted by Crippen LogP contribution is 2.32. The van der Waals surface area contributed by atoms with Crippen LogP contribution in [0.2, 0.25) is 0 Å². The van der Waals surface area contributed by atoms with Crippen molar-refractivity contribution in [2.45, 2.75) is 5.03 Å². The number of hydrogen-bond donors (Lipinski definition) is 1. The summed E-state index contributed by atoms with van der Waals surface area (Å²) >= 11 is 1.34. The number of carbonyl (C=O) groups excluding carboxylic acids is 1. The van der Waals surface area contributed by atoms with Crippen LogP contribution in [0.3, 0.4) is 0 Å². The zero-order valence-corrected chi connectivity index (χ0v) is 17.8. The van der Waals surface area contributed by atoms with Gasteiger partial charge in [0.25, 0.3) is 0 Å². The molecule has 6 heteroatoms. The molecule has 0 spiro atoms. The molecule has 0 atom stereocenters. The Kier molecular flexibility index (Phi) is 5.52. The molecule has 0 aliphatic rings. The standard InChI is InChI=1S/C26H18FN3OS/c27-19-14-12-18(13-15-19)25-21-9-3-4-10-22(21)26(30-29-25)32-16-24(31)28-23-11-5-7-17-6-1-2-8-20(17)23/h1-15H,16H2,(H,28,31). The van der Waals surface area contributed by atoms with Gasteiger partial charge in [-0.25, -0.2) is 4.39 Å². The first kappa shape index (κ1) is 20.2. The second-order valence-electron chi connectivity index (χ2n) is 7.27. The van der Waals surface area contributed by atoms with Crippen molar-refractivity contribution < 1.29 is 9.18 Å². The highest BCUT2D eigenvalue weighted by Gasteiger charge is 2.13. The molecule has 0 aliphatic heterocycles. The number of hydrogen-bond acceptors (Lipinski definition) is 4. The van der Waals surface area contributed by atoms with Crippen LogP contribution in [0, 0.1) is 5.82 Å². The van der Waals surface area contributed by atoms with E-state index < -0.39 is 0 Å². The van der Waals surface area contributed by atoms with Crippen LogP contribution in [0.1, 0.15) is 0 Å². The highest BCUT2D eigenvalue weighted by atomic mass is 32.2. The van der Waals surface area contributed by atoms with Gasteiger partial charge in [-0.05, 0) is 35.7 Å². The van der Waals surface area contributed by atoms with Crippen molar-refractivity contribution in [3.63, 3.8) is 0 Å². The first-order valence-corrected chi connectivity index (χ1v) is 11.1. The Bertz CT molecular complexity index is 1430. The normalized spacial score (nSPS) is 11.0. The number of amides is 1. The number of nitrogens with zero attached hydrogens (tertiary/aromatic N) is 2. The number of thioether (sulfide) groups is 1. The van der Waals surface area contributed by atoms with Gasteiger partial charge in [0.05, 0.1) is 5.75 Å². The van der Waals surface area contributed by atoms with E-state index in [1.807, 2.05) is 66.7 Å². The summed E-state index contributed by atoms with van der Waals surface area (Å²) in [4.78, 5) is 12.7. The fraction of sp³-hybridized carbons (Fsp3) is 0.0385. The van der Waals surface area contributed by atoms with Crippen molar-refractivity contribution in [1.29, 1.82) is 0 Å². The van der Waals surface area contributed by atoms with Crippen LogP contribution in [0.5, 0.6) is 0 Å². The molecular weight excluding hydrogens is 421 g/mol. The number of fused-ring (bicyclic) bond motifs is 2. The fourth-order valence-corrected chi connectivity index (χ4v) is 4.43. The Labute approximate surface area is 188 Å². The van der Waals surface area contributed by atoms with Gasteiger partial charge in [-0.1, -0.05) is 72.4 Å². The maximum absolute atomic E-state index is 13.3. The molecule has 5 aromatic rings. The minimum Gasteiger partial charge on any atom is -0.325 e. The van der Waals surface area contributed by atoms with Crippen LogP contribution in [0.25, 0.3) is 32.8 Å². The van der Waals surface area contributed by atoms with Crippen molar-refractivity contribution in [2.75, 3.05) is 11.1 Å². The Morgan fingerprint density at radius 3 is 2.28 bits per heavy atom.